The first kappa shape index (κ1) is 14.9. The van der Waals surface area contributed by atoms with Crippen LogP contribution in [0, 0.1) is 0 Å². The molecule has 1 fully saturated rings. The van der Waals surface area contributed by atoms with E-state index in [2.05, 4.69) is 6.58 Å². The summed E-state index contributed by atoms with van der Waals surface area (Å²) in [5.41, 5.74) is -1.14. The Bertz CT molecular complexity index is 600. The molecule has 21 heavy (non-hydrogen) atoms. The number of hydrogen-bond acceptors (Lipinski definition) is 4. The third-order valence-electron chi connectivity index (χ3n) is 3.54. The van der Waals surface area contributed by atoms with Crippen LogP contribution >= 0.6 is 0 Å². The summed E-state index contributed by atoms with van der Waals surface area (Å²) >= 11 is 0. The molecule has 4 amide bonds. The van der Waals surface area contributed by atoms with Gasteiger partial charge in [0.1, 0.15) is 0 Å². The average Bonchev–Trinajstić information content (AvgIpc) is 2.50. The summed E-state index contributed by atoms with van der Waals surface area (Å²) < 4.78 is 0. The standard InChI is InChI=1S/C15H16N2O4/c1-10(11-7-5-4-6-8-11)9-15(21)12(18)16(2)14(20)17(3)13(15)19/h4-8,21H,1,9H2,2-3H3. The van der Waals surface area contributed by atoms with Crippen LogP contribution in [0.2, 0.25) is 0 Å². The second kappa shape index (κ2) is 5.14. The molecule has 0 aromatic heterocycles. The van der Waals surface area contributed by atoms with Gasteiger partial charge in [0.05, 0.1) is 0 Å². The highest BCUT2D eigenvalue weighted by molar-refractivity contribution is 6.21. The molecule has 0 spiro atoms. The van der Waals surface area contributed by atoms with Gasteiger partial charge in [-0.2, -0.15) is 0 Å². The molecule has 1 N–H and O–H groups in total. The Morgan fingerprint density at radius 3 is 2.05 bits per heavy atom. The van der Waals surface area contributed by atoms with E-state index in [0.717, 1.165) is 9.80 Å². The number of carbonyl (C=O) groups excluding carboxylic acids is 3. The molecule has 1 aliphatic rings. The number of urea groups is 1. The van der Waals surface area contributed by atoms with E-state index < -0.39 is 23.4 Å². The second-order valence-electron chi connectivity index (χ2n) is 5.02. The molecule has 0 aliphatic carbocycles. The van der Waals surface area contributed by atoms with E-state index in [1.54, 1.807) is 24.3 Å². The summed E-state index contributed by atoms with van der Waals surface area (Å²) in [5, 5.41) is 10.5. The molecule has 1 saturated heterocycles. The first-order valence-electron chi connectivity index (χ1n) is 6.35. The maximum atomic E-state index is 12.1. The normalized spacial score (nSPS) is 18.1. The Balaban J connectivity index is 2.32. The number of rotatable bonds is 3. The van der Waals surface area contributed by atoms with Gasteiger partial charge in [0, 0.05) is 20.5 Å². The fourth-order valence-electron chi connectivity index (χ4n) is 2.28. The Hall–Kier alpha value is -2.47. The summed E-state index contributed by atoms with van der Waals surface area (Å²) in [6.07, 6.45) is -0.267. The summed E-state index contributed by atoms with van der Waals surface area (Å²) in [5.74, 6) is -1.87. The zero-order valence-electron chi connectivity index (χ0n) is 11.9. The lowest BCUT2D eigenvalue weighted by Crippen LogP contribution is -2.67. The smallest absolute Gasteiger partial charge is 0.333 e. The number of imide groups is 2. The Labute approximate surface area is 122 Å². The highest BCUT2D eigenvalue weighted by Gasteiger charge is 2.54. The maximum absolute atomic E-state index is 12.1. The topological polar surface area (TPSA) is 77.9 Å². The van der Waals surface area contributed by atoms with Gasteiger partial charge >= 0.3 is 6.03 Å². The van der Waals surface area contributed by atoms with E-state index in [4.69, 9.17) is 0 Å². The van der Waals surface area contributed by atoms with E-state index in [1.165, 1.54) is 14.1 Å². The van der Waals surface area contributed by atoms with Crippen LogP contribution in [0.25, 0.3) is 5.57 Å². The Kier molecular flexibility index (Phi) is 3.65. The van der Waals surface area contributed by atoms with Crippen molar-refractivity contribution in [3.05, 3.63) is 42.5 Å². The molecule has 0 atom stereocenters. The third kappa shape index (κ3) is 2.34. The fraction of sp³-hybridized carbons (Fsp3) is 0.267. The van der Waals surface area contributed by atoms with E-state index in [-0.39, 0.29) is 6.42 Å². The van der Waals surface area contributed by atoms with Crippen LogP contribution in [0.3, 0.4) is 0 Å². The number of nitrogens with zero attached hydrogens (tertiary/aromatic N) is 2. The first-order valence-corrected chi connectivity index (χ1v) is 6.35. The first-order chi connectivity index (χ1) is 9.79. The average molecular weight is 288 g/mol. The Morgan fingerprint density at radius 2 is 1.57 bits per heavy atom. The summed E-state index contributed by atoms with van der Waals surface area (Å²) in [6.45, 7) is 3.82. The van der Waals surface area contributed by atoms with Crippen LogP contribution in [0.5, 0.6) is 0 Å². The Morgan fingerprint density at radius 1 is 1.10 bits per heavy atom. The largest absolute Gasteiger partial charge is 0.371 e. The van der Waals surface area contributed by atoms with Gasteiger partial charge in [-0.05, 0) is 11.1 Å². The van der Waals surface area contributed by atoms with E-state index >= 15 is 0 Å². The van der Waals surface area contributed by atoms with Crippen LogP contribution in [-0.2, 0) is 9.59 Å². The fourth-order valence-corrected chi connectivity index (χ4v) is 2.28. The maximum Gasteiger partial charge on any atom is 0.333 e. The van der Waals surface area contributed by atoms with Crippen molar-refractivity contribution < 1.29 is 19.5 Å². The highest BCUT2D eigenvalue weighted by Crippen LogP contribution is 2.29. The number of likely N-dealkylation sites (N-methyl/N-ethyl adjacent to an activating group) is 2. The van der Waals surface area contributed by atoms with Crippen molar-refractivity contribution in [3.63, 3.8) is 0 Å². The van der Waals surface area contributed by atoms with Gasteiger partial charge < -0.3 is 5.11 Å². The van der Waals surface area contributed by atoms with Gasteiger partial charge in [-0.15, -0.1) is 0 Å². The molecule has 0 saturated carbocycles. The van der Waals surface area contributed by atoms with Crippen LogP contribution in [0.15, 0.2) is 36.9 Å². The van der Waals surface area contributed by atoms with Crippen molar-refractivity contribution in [2.24, 2.45) is 0 Å². The van der Waals surface area contributed by atoms with Crippen molar-refractivity contribution >= 4 is 23.4 Å². The molecular formula is C15H16N2O4. The van der Waals surface area contributed by atoms with E-state index in [9.17, 15) is 19.5 Å². The van der Waals surface area contributed by atoms with Crippen molar-refractivity contribution in [1.29, 1.82) is 0 Å². The van der Waals surface area contributed by atoms with Gasteiger partial charge in [-0.1, -0.05) is 36.9 Å². The molecule has 0 bridgehead atoms. The van der Waals surface area contributed by atoms with Crippen molar-refractivity contribution in [1.82, 2.24) is 9.80 Å². The SMILES string of the molecule is C=C(CC1(O)C(=O)N(C)C(=O)N(C)C1=O)c1ccccc1. The summed E-state index contributed by atoms with van der Waals surface area (Å²) in [4.78, 5) is 37.4. The number of carbonyl (C=O) groups is 3. The quantitative estimate of drug-likeness (QED) is 0.837. The molecule has 1 aromatic rings. The lowest BCUT2D eigenvalue weighted by atomic mass is 9.88. The van der Waals surface area contributed by atoms with E-state index in [1.807, 2.05) is 6.07 Å². The number of amides is 4. The van der Waals surface area contributed by atoms with Gasteiger partial charge in [-0.3, -0.25) is 19.4 Å². The molecule has 0 radical (unpaired) electrons. The lowest BCUT2D eigenvalue weighted by molar-refractivity contribution is -0.167. The van der Waals surface area contributed by atoms with Crippen LogP contribution in [0.4, 0.5) is 4.79 Å². The van der Waals surface area contributed by atoms with Crippen molar-refractivity contribution in [2.75, 3.05) is 14.1 Å². The molecule has 1 aliphatic heterocycles. The minimum absolute atomic E-state index is 0.267. The van der Waals surface area contributed by atoms with Gasteiger partial charge in [-0.25, -0.2) is 4.79 Å². The minimum Gasteiger partial charge on any atom is -0.371 e. The van der Waals surface area contributed by atoms with Crippen LogP contribution in [-0.4, -0.2) is 52.4 Å². The van der Waals surface area contributed by atoms with Gasteiger partial charge in [0.2, 0.25) is 5.60 Å². The summed E-state index contributed by atoms with van der Waals surface area (Å²) in [7, 11) is 2.45. The number of aliphatic hydroxyl groups is 1. The predicted octanol–water partition coefficient (Wildman–Crippen LogP) is 0.871. The number of hydrogen-bond donors (Lipinski definition) is 1. The zero-order valence-corrected chi connectivity index (χ0v) is 11.9. The zero-order chi connectivity index (χ0) is 15.8. The predicted molar refractivity (Wildman–Crippen MR) is 76.0 cm³/mol. The van der Waals surface area contributed by atoms with Crippen LogP contribution in [0.1, 0.15) is 12.0 Å². The highest BCUT2D eigenvalue weighted by atomic mass is 16.3. The molecule has 0 unspecified atom stereocenters. The molecule has 1 heterocycles. The molecule has 6 nitrogen and oxygen atoms in total. The monoisotopic (exact) mass is 288 g/mol. The van der Waals surface area contributed by atoms with Crippen LogP contribution < -0.4 is 0 Å². The molecule has 2 rings (SSSR count). The lowest BCUT2D eigenvalue weighted by Gasteiger charge is -2.38. The molecule has 1 aromatic carbocycles. The summed E-state index contributed by atoms with van der Waals surface area (Å²) in [6, 6.07) is 8.17. The number of barbiturate groups is 1. The second-order valence-corrected chi connectivity index (χ2v) is 5.02. The van der Waals surface area contributed by atoms with Gasteiger partial charge in [0.15, 0.2) is 0 Å². The molecule has 6 heteroatoms. The van der Waals surface area contributed by atoms with Gasteiger partial charge in [0.25, 0.3) is 11.8 Å². The molecular weight excluding hydrogens is 272 g/mol. The number of benzene rings is 1. The van der Waals surface area contributed by atoms with Crippen molar-refractivity contribution in [2.45, 2.75) is 12.0 Å². The molecule has 110 valence electrons. The van der Waals surface area contributed by atoms with Crippen molar-refractivity contribution in [3.8, 4) is 0 Å². The third-order valence-corrected chi connectivity index (χ3v) is 3.54. The van der Waals surface area contributed by atoms with E-state index in [0.29, 0.717) is 11.1 Å². The minimum atomic E-state index is -2.30.